The molecule has 2 N–H and O–H groups in total. The van der Waals surface area contributed by atoms with Crippen molar-refractivity contribution >= 4 is 17.6 Å². The van der Waals surface area contributed by atoms with Gasteiger partial charge in [0.2, 0.25) is 5.69 Å². The Balaban J connectivity index is 2.43. The Morgan fingerprint density at radius 2 is 2.10 bits per heavy atom. The molecule has 0 atom stereocenters. The van der Waals surface area contributed by atoms with Crippen LogP contribution in [0, 0.1) is 10.1 Å². The van der Waals surface area contributed by atoms with Gasteiger partial charge in [-0.3, -0.25) is 14.9 Å². The van der Waals surface area contributed by atoms with Gasteiger partial charge in [-0.15, -0.1) is 10.2 Å². The molecule has 0 saturated heterocycles. The van der Waals surface area contributed by atoms with E-state index in [1.165, 1.54) is 19.2 Å². The molecule has 11 heteroatoms. The predicted molar refractivity (Wildman–Crippen MR) is 66.2 cm³/mol. The number of aromatic carboxylic acids is 1. The first-order valence-corrected chi connectivity index (χ1v) is 5.47. The number of rotatable bonds is 4. The molecule has 0 spiro atoms. The lowest BCUT2D eigenvalue weighted by Crippen LogP contribution is -2.20. The zero-order valence-electron chi connectivity index (χ0n) is 10.5. The van der Waals surface area contributed by atoms with Crippen LogP contribution >= 0.6 is 0 Å². The van der Waals surface area contributed by atoms with E-state index in [1.807, 2.05) is 0 Å². The van der Waals surface area contributed by atoms with Crippen molar-refractivity contribution in [3.8, 4) is 5.82 Å². The van der Waals surface area contributed by atoms with Crippen molar-refractivity contribution in [2.24, 2.45) is 0 Å². The fraction of sp³-hybridized carbons (Fsp3) is 0.100. The van der Waals surface area contributed by atoms with E-state index in [-0.39, 0.29) is 11.5 Å². The van der Waals surface area contributed by atoms with Gasteiger partial charge in [0.15, 0.2) is 11.5 Å². The second-order valence-electron chi connectivity index (χ2n) is 3.73. The van der Waals surface area contributed by atoms with Crippen molar-refractivity contribution in [1.82, 2.24) is 25.3 Å². The van der Waals surface area contributed by atoms with Crippen LogP contribution in [-0.4, -0.2) is 48.9 Å². The third-order valence-electron chi connectivity index (χ3n) is 2.44. The molecule has 1 amide bonds. The highest BCUT2D eigenvalue weighted by molar-refractivity contribution is 5.92. The molecule has 0 aliphatic heterocycles. The molecule has 0 radical (unpaired) electrons. The molecule has 11 nitrogen and oxygen atoms in total. The molecule has 0 fully saturated rings. The van der Waals surface area contributed by atoms with Crippen LogP contribution in [0.1, 0.15) is 21.0 Å². The summed E-state index contributed by atoms with van der Waals surface area (Å²) in [6.07, 6.45) is 0.910. The molecular weight excluding hydrogens is 284 g/mol. The molecule has 0 bridgehead atoms. The van der Waals surface area contributed by atoms with Gasteiger partial charge in [-0.2, -0.15) is 5.10 Å². The molecule has 2 rings (SSSR count). The van der Waals surface area contributed by atoms with E-state index in [0.29, 0.717) is 0 Å². The number of carbonyl (C=O) groups excluding carboxylic acids is 1. The van der Waals surface area contributed by atoms with Gasteiger partial charge in [-0.1, -0.05) is 0 Å². The second kappa shape index (κ2) is 5.32. The van der Waals surface area contributed by atoms with Gasteiger partial charge in [0.05, 0.1) is 4.92 Å². The molecule has 2 aromatic rings. The molecule has 0 saturated carbocycles. The highest BCUT2D eigenvalue weighted by atomic mass is 16.6. The summed E-state index contributed by atoms with van der Waals surface area (Å²) in [5.41, 5.74) is -1.33. The smallest absolute Gasteiger partial charge is 0.363 e. The van der Waals surface area contributed by atoms with Gasteiger partial charge >= 0.3 is 11.7 Å². The minimum absolute atomic E-state index is 0.0400. The number of carboxylic acids is 1. The number of amides is 1. The molecular formula is C10H8N6O5. The van der Waals surface area contributed by atoms with Crippen molar-refractivity contribution < 1.29 is 19.6 Å². The summed E-state index contributed by atoms with van der Waals surface area (Å²) in [4.78, 5) is 32.1. The highest BCUT2D eigenvalue weighted by Gasteiger charge is 2.26. The van der Waals surface area contributed by atoms with Gasteiger partial charge in [-0.25, -0.2) is 9.48 Å². The average Bonchev–Trinajstić information content (AvgIpc) is 2.92. The van der Waals surface area contributed by atoms with E-state index in [2.05, 4.69) is 20.6 Å². The summed E-state index contributed by atoms with van der Waals surface area (Å²) < 4.78 is 0.905. The average molecular weight is 292 g/mol. The first-order valence-electron chi connectivity index (χ1n) is 5.47. The van der Waals surface area contributed by atoms with E-state index in [1.54, 1.807) is 0 Å². The van der Waals surface area contributed by atoms with Crippen LogP contribution in [0.5, 0.6) is 0 Å². The summed E-state index contributed by atoms with van der Waals surface area (Å²) in [7, 11) is 1.42. The summed E-state index contributed by atoms with van der Waals surface area (Å²) in [6, 6.07) is 2.66. The monoisotopic (exact) mass is 292 g/mol. The summed E-state index contributed by atoms with van der Waals surface area (Å²) in [5.74, 6) is -1.94. The number of hydrogen-bond acceptors (Lipinski definition) is 7. The minimum atomic E-state index is -1.53. The Morgan fingerprint density at radius 1 is 1.38 bits per heavy atom. The first kappa shape index (κ1) is 14.0. The maximum Gasteiger partial charge on any atom is 0.363 e. The minimum Gasteiger partial charge on any atom is -0.476 e. The molecule has 0 unspecified atom stereocenters. The van der Waals surface area contributed by atoms with Gasteiger partial charge in [0.25, 0.3) is 5.91 Å². The third-order valence-corrected chi connectivity index (χ3v) is 2.44. The maximum absolute atomic E-state index is 11.3. The van der Waals surface area contributed by atoms with Crippen LogP contribution in [0.25, 0.3) is 5.82 Å². The SMILES string of the molecule is CNC(=O)c1ccc(-n2cc([N+](=O)[O-])c(C(=O)O)n2)nn1. The van der Waals surface area contributed by atoms with Crippen LogP contribution < -0.4 is 5.32 Å². The first-order chi connectivity index (χ1) is 9.93. The lowest BCUT2D eigenvalue weighted by molar-refractivity contribution is -0.385. The van der Waals surface area contributed by atoms with Crippen molar-refractivity contribution in [1.29, 1.82) is 0 Å². The van der Waals surface area contributed by atoms with Crippen molar-refractivity contribution in [3.63, 3.8) is 0 Å². The van der Waals surface area contributed by atoms with Crippen LogP contribution in [0.3, 0.4) is 0 Å². The lowest BCUT2D eigenvalue weighted by Gasteiger charge is -2.00. The Kier molecular flexibility index (Phi) is 3.56. The number of nitro groups is 1. The Morgan fingerprint density at radius 3 is 2.52 bits per heavy atom. The molecule has 0 aliphatic carbocycles. The second-order valence-corrected chi connectivity index (χ2v) is 3.73. The van der Waals surface area contributed by atoms with Gasteiger partial charge in [0, 0.05) is 7.05 Å². The fourth-order valence-electron chi connectivity index (χ4n) is 1.46. The molecule has 0 aliphatic rings. The topological polar surface area (TPSA) is 153 Å². The number of carbonyl (C=O) groups is 2. The number of nitrogens with one attached hydrogen (secondary N) is 1. The molecule has 2 aromatic heterocycles. The highest BCUT2D eigenvalue weighted by Crippen LogP contribution is 2.18. The molecule has 0 aromatic carbocycles. The molecule has 2 heterocycles. The maximum atomic E-state index is 11.3. The fourth-order valence-corrected chi connectivity index (χ4v) is 1.46. The Hall–Kier alpha value is -3.37. The largest absolute Gasteiger partial charge is 0.476 e. The van der Waals surface area contributed by atoms with Gasteiger partial charge in [0.1, 0.15) is 6.20 Å². The standard InChI is InChI=1S/C10H8N6O5/c1-11-9(17)5-2-3-7(13-12-5)15-4-6(16(20)21)8(14-15)10(18)19/h2-4H,1H3,(H,11,17)(H,18,19). The number of nitrogens with zero attached hydrogens (tertiary/aromatic N) is 5. The van der Waals surface area contributed by atoms with E-state index in [4.69, 9.17) is 5.11 Å². The van der Waals surface area contributed by atoms with Crippen LogP contribution in [0.2, 0.25) is 0 Å². The molecule has 21 heavy (non-hydrogen) atoms. The predicted octanol–water partition coefficient (Wildman–Crippen LogP) is -0.372. The summed E-state index contributed by atoms with van der Waals surface area (Å²) in [6.45, 7) is 0. The Bertz CT molecular complexity index is 691. The zero-order chi connectivity index (χ0) is 15.6. The third kappa shape index (κ3) is 2.65. The van der Waals surface area contributed by atoms with E-state index >= 15 is 0 Å². The van der Waals surface area contributed by atoms with Gasteiger partial charge in [-0.05, 0) is 12.1 Å². The summed E-state index contributed by atoms with van der Waals surface area (Å²) in [5, 5.41) is 32.8. The normalized spacial score (nSPS) is 10.1. The van der Waals surface area contributed by atoms with Crippen molar-refractivity contribution in [2.45, 2.75) is 0 Å². The van der Waals surface area contributed by atoms with E-state index in [0.717, 1.165) is 10.9 Å². The van der Waals surface area contributed by atoms with Crippen LogP contribution in [-0.2, 0) is 0 Å². The van der Waals surface area contributed by atoms with Crippen LogP contribution in [0.4, 0.5) is 5.69 Å². The van der Waals surface area contributed by atoms with Crippen molar-refractivity contribution in [2.75, 3.05) is 7.05 Å². The zero-order valence-corrected chi connectivity index (χ0v) is 10.5. The van der Waals surface area contributed by atoms with E-state index < -0.39 is 28.2 Å². The van der Waals surface area contributed by atoms with Crippen LogP contribution in [0.15, 0.2) is 18.3 Å². The Labute approximate surface area is 116 Å². The quantitative estimate of drug-likeness (QED) is 0.571. The van der Waals surface area contributed by atoms with Gasteiger partial charge < -0.3 is 10.4 Å². The van der Waals surface area contributed by atoms with Crippen molar-refractivity contribution in [3.05, 3.63) is 39.8 Å². The number of aromatic nitrogens is 4. The molecule has 108 valence electrons. The number of hydrogen-bond donors (Lipinski definition) is 2. The summed E-state index contributed by atoms with van der Waals surface area (Å²) >= 11 is 0. The van der Waals surface area contributed by atoms with E-state index in [9.17, 15) is 19.7 Å². The lowest BCUT2D eigenvalue weighted by atomic mass is 10.3. The number of carboxylic acid groups (broad SMARTS) is 1.